The van der Waals surface area contributed by atoms with Crippen LogP contribution < -0.4 is 5.32 Å². The van der Waals surface area contributed by atoms with Crippen molar-refractivity contribution in [3.63, 3.8) is 0 Å². The molecule has 21 heavy (non-hydrogen) atoms. The van der Waals surface area contributed by atoms with Gasteiger partial charge in [-0.25, -0.2) is 9.97 Å². The average Bonchev–Trinajstić information content (AvgIpc) is 2.92. The summed E-state index contributed by atoms with van der Waals surface area (Å²) in [6.45, 7) is 4.94. The fraction of sp³-hybridized carbons (Fsp3) is 0.250. The molecule has 0 spiro atoms. The Morgan fingerprint density at radius 1 is 1.24 bits per heavy atom. The van der Waals surface area contributed by atoms with Crippen LogP contribution in [0, 0.1) is 6.92 Å². The van der Waals surface area contributed by atoms with Gasteiger partial charge in [0, 0.05) is 11.9 Å². The standard InChI is InChI=1S/C16H16BrN3O/c1-3-8-18-16-14(17)10(2)19-15(20-16)13-9-11-6-4-5-7-12(11)21-13/h4-7,9H,3,8H2,1-2H3,(H,18,19,20). The zero-order valence-electron chi connectivity index (χ0n) is 12.0. The number of para-hydroxylation sites is 1. The highest BCUT2D eigenvalue weighted by Crippen LogP contribution is 2.30. The quantitative estimate of drug-likeness (QED) is 0.738. The molecule has 0 aliphatic carbocycles. The molecule has 0 fully saturated rings. The van der Waals surface area contributed by atoms with E-state index in [0.29, 0.717) is 11.6 Å². The number of aromatic nitrogens is 2. The molecule has 0 bridgehead atoms. The Morgan fingerprint density at radius 3 is 2.81 bits per heavy atom. The molecule has 5 heteroatoms. The summed E-state index contributed by atoms with van der Waals surface area (Å²) in [6, 6.07) is 9.88. The van der Waals surface area contributed by atoms with Crippen LogP contribution in [0.2, 0.25) is 0 Å². The van der Waals surface area contributed by atoms with Crippen LogP contribution in [0.25, 0.3) is 22.6 Å². The third kappa shape index (κ3) is 2.78. The Morgan fingerprint density at radius 2 is 2.05 bits per heavy atom. The predicted octanol–water partition coefficient (Wildman–Crippen LogP) is 4.78. The first-order chi connectivity index (χ1) is 10.2. The van der Waals surface area contributed by atoms with Crippen LogP contribution in [0.3, 0.4) is 0 Å². The van der Waals surface area contributed by atoms with Gasteiger partial charge in [0.1, 0.15) is 11.4 Å². The number of rotatable bonds is 4. The molecule has 2 heterocycles. The van der Waals surface area contributed by atoms with E-state index >= 15 is 0 Å². The number of aryl methyl sites for hydroxylation is 1. The highest BCUT2D eigenvalue weighted by molar-refractivity contribution is 9.10. The molecular weight excluding hydrogens is 330 g/mol. The van der Waals surface area contributed by atoms with Gasteiger partial charge in [-0.2, -0.15) is 0 Å². The molecule has 0 amide bonds. The second kappa shape index (κ2) is 5.85. The van der Waals surface area contributed by atoms with E-state index in [1.807, 2.05) is 37.3 Å². The minimum Gasteiger partial charge on any atom is -0.453 e. The highest BCUT2D eigenvalue weighted by Gasteiger charge is 2.14. The number of nitrogens with zero attached hydrogens (tertiary/aromatic N) is 2. The number of anilines is 1. The fourth-order valence-electron chi connectivity index (χ4n) is 2.12. The molecule has 0 radical (unpaired) electrons. The Hall–Kier alpha value is -1.88. The van der Waals surface area contributed by atoms with E-state index in [4.69, 9.17) is 4.42 Å². The summed E-state index contributed by atoms with van der Waals surface area (Å²) < 4.78 is 6.74. The normalized spacial score (nSPS) is 11.0. The number of hydrogen-bond donors (Lipinski definition) is 1. The number of nitrogens with one attached hydrogen (secondary N) is 1. The van der Waals surface area contributed by atoms with Crippen LogP contribution in [0.5, 0.6) is 0 Å². The minimum absolute atomic E-state index is 0.602. The molecule has 1 aromatic carbocycles. The molecule has 0 saturated carbocycles. The van der Waals surface area contributed by atoms with Crippen LogP contribution in [0.1, 0.15) is 19.0 Å². The second-order valence-corrected chi connectivity index (χ2v) is 5.66. The third-order valence-corrected chi connectivity index (χ3v) is 4.15. The first-order valence-electron chi connectivity index (χ1n) is 6.96. The topological polar surface area (TPSA) is 51.0 Å². The summed E-state index contributed by atoms with van der Waals surface area (Å²) in [4.78, 5) is 9.09. The summed E-state index contributed by atoms with van der Waals surface area (Å²) in [5.41, 5.74) is 1.73. The number of hydrogen-bond acceptors (Lipinski definition) is 4. The molecule has 0 aliphatic heterocycles. The molecule has 4 nitrogen and oxygen atoms in total. The van der Waals surface area contributed by atoms with Crippen LogP contribution in [-0.4, -0.2) is 16.5 Å². The van der Waals surface area contributed by atoms with E-state index in [9.17, 15) is 0 Å². The monoisotopic (exact) mass is 345 g/mol. The maximum Gasteiger partial charge on any atom is 0.197 e. The fourth-order valence-corrected chi connectivity index (χ4v) is 2.44. The minimum atomic E-state index is 0.602. The van der Waals surface area contributed by atoms with E-state index in [0.717, 1.165) is 39.9 Å². The summed E-state index contributed by atoms with van der Waals surface area (Å²) in [5.74, 6) is 2.09. The first-order valence-corrected chi connectivity index (χ1v) is 7.75. The lowest BCUT2D eigenvalue weighted by Crippen LogP contribution is -2.05. The summed E-state index contributed by atoms with van der Waals surface area (Å²) >= 11 is 3.53. The SMILES string of the molecule is CCCNc1nc(-c2cc3ccccc3o2)nc(C)c1Br. The molecule has 3 rings (SSSR count). The van der Waals surface area contributed by atoms with Crippen molar-refractivity contribution in [2.75, 3.05) is 11.9 Å². The van der Waals surface area contributed by atoms with Crippen LogP contribution in [-0.2, 0) is 0 Å². The number of benzene rings is 1. The van der Waals surface area contributed by atoms with Gasteiger partial charge >= 0.3 is 0 Å². The van der Waals surface area contributed by atoms with Crippen LogP contribution >= 0.6 is 15.9 Å². The largest absolute Gasteiger partial charge is 0.453 e. The maximum absolute atomic E-state index is 5.84. The Kier molecular flexibility index (Phi) is 3.92. The lowest BCUT2D eigenvalue weighted by Gasteiger charge is -2.09. The third-order valence-electron chi connectivity index (χ3n) is 3.21. The van der Waals surface area contributed by atoms with E-state index in [-0.39, 0.29) is 0 Å². The van der Waals surface area contributed by atoms with Crippen molar-refractivity contribution >= 4 is 32.7 Å². The van der Waals surface area contributed by atoms with Gasteiger partial charge in [-0.3, -0.25) is 0 Å². The Balaban J connectivity index is 2.06. The Bertz CT molecular complexity index is 749. The molecule has 3 aromatic rings. The summed E-state index contributed by atoms with van der Waals surface area (Å²) in [7, 11) is 0. The first kappa shape index (κ1) is 14.1. The maximum atomic E-state index is 5.84. The van der Waals surface area contributed by atoms with Gasteiger partial charge in [-0.15, -0.1) is 0 Å². The number of halogens is 1. The zero-order valence-corrected chi connectivity index (χ0v) is 13.6. The molecule has 1 N–H and O–H groups in total. The van der Waals surface area contributed by atoms with Crippen LogP contribution in [0.15, 0.2) is 39.2 Å². The van der Waals surface area contributed by atoms with Gasteiger partial charge in [0.25, 0.3) is 0 Å². The molecule has 2 aromatic heterocycles. The van der Waals surface area contributed by atoms with E-state index < -0.39 is 0 Å². The van der Waals surface area contributed by atoms with Gasteiger partial charge in [-0.1, -0.05) is 25.1 Å². The van der Waals surface area contributed by atoms with Crippen molar-refractivity contribution in [3.8, 4) is 11.6 Å². The smallest absolute Gasteiger partial charge is 0.197 e. The van der Waals surface area contributed by atoms with Crippen molar-refractivity contribution in [2.45, 2.75) is 20.3 Å². The van der Waals surface area contributed by atoms with E-state index in [1.165, 1.54) is 0 Å². The number of furan rings is 1. The molecule has 0 saturated heterocycles. The van der Waals surface area contributed by atoms with Crippen molar-refractivity contribution in [1.29, 1.82) is 0 Å². The molecule has 0 unspecified atom stereocenters. The summed E-state index contributed by atoms with van der Waals surface area (Å²) in [5, 5.41) is 4.36. The summed E-state index contributed by atoms with van der Waals surface area (Å²) in [6.07, 6.45) is 1.04. The molecule has 0 aliphatic rings. The van der Waals surface area contributed by atoms with Crippen molar-refractivity contribution in [2.24, 2.45) is 0 Å². The van der Waals surface area contributed by atoms with Gasteiger partial charge in [0.2, 0.25) is 0 Å². The molecule has 108 valence electrons. The molecule has 0 atom stereocenters. The predicted molar refractivity (Wildman–Crippen MR) is 88.5 cm³/mol. The van der Waals surface area contributed by atoms with E-state index in [1.54, 1.807) is 0 Å². The highest BCUT2D eigenvalue weighted by atomic mass is 79.9. The van der Waals surface area contributed by atoms with Gasteiger partial charge in [0.05, 0.1) is 10.2 Å². The average molecular weight is 346 g/mol. The van der Waals surface area contributed by atoms with Gasteiger partial charge in [-0.05, 0) is 41.4 Å². The van der Waals surface area contributed by atoms with Gasteiger partial charge < -0.3 is 9.73 Å². The van der Waals surface area contributed by atoms with Crippen molar-refractivity contribution in [1.82, 2.24) is 9.97 Å². The zero-order chi connectivity index (χ0) is 14.8. The Labute approximate surface area is 131 Å². The van der Waals surface area contributed by atoms with Gasteiger partial charge in [0.15, 0.2) is 11.6 Å². The second-order valence-electron chi connectivity index (χ2n) is 4.87. The van der Waals surface area contributed by atoms with Crippen LogP contribution in [0.4, 0.5) is 5.82 Å². The van der Waals surface area contributed by atoms with E-state index in [2.05, 4.69) is 38.1 Å². The van der Waals surface area contributed by atoms with Crippen molar-refractivity contribution in [3.05, 3.63) is 40.5 Å². The number of fused-ring (bicyclic) bond motifs is 1. The lowest BCUT2D eigenvalue weighted by atomic mass is 10.2. The lowest BCUT2D eigenvalue weighted by molar-refractivity contribution is 0.624. The van der Waals surface area contributed by atoms with Crippen molar-refractivity contribution < 1.29 is 4.42 Å². The molecular formula is C16H16BrN3O.